The van der Waals surface area contributed by atoms with Crippen molar-refractivity contribution in [1.29, 1.82) is 0 Å². The van der Waals surface area contributed by atoms with Gasteiger partial charge >= 0.3 is 0 Å². The Morgan fingerprint density at radius 1 is 1.47 bits per heavy atom. The SMILES string of the molecule is Cc1cc(C(=O)N2CCCC2CCCCl)c(C)nn1. The van der Waals surface area contributed by atoms with Crippen molar-refractivity contribution in [3.05, 3.63) is 23.0 Å². The average Bonchev–Trinajstić information content (AvgIpc) is 2.86. The fourth-order valence-electron chi connectivity index (χ4n) is 2.64. The van der Waals surface area contributed by atoms with E-state index in [0.29, 0.717) is 23.2 Å². The number of aromatic nitrogens is 2. The number of nitrogens with zero attached hydrogens (tertiary/aromatic N) is 3. The Morgan fingerprint density at radius 2 is 2.26 bits per heavy atom. The molecular weight excluding hydrogens is 262 g/mol. The molecule has 0 aromatic carbocycles. The number of hydrogen-bond acceptors (Lipinski definition) is 3. The first-order chi connectivity index (χ1) is 9.13. The van der Waals surface area contributed by atoms with Crippen molar-refractivity contribution in [3.63, 3.8) is 0 Å². The molecule has 0 N–H and O–H groups in total. The Morgan fingerprint density at radius 3 is 3.00 bits per heavy atom. The van der Waals surface area contributed by atoms with Crippen molar-refractivity contribution >= 4 is 17.5 Å². The minimum atomic E-state index is 0.0903. The van der Waals surface area contributed by atoms with Gasteiger partial charge in [0.2, 0.25) is 0 Å². The zero-order chi connectivity index (χ0) is 13.8. The van der Waals surface area contributed by atoms with E-state index >= 15 is 0 Å². The fourth-order valence-corrected chi connectivity index (χ4v) is 2.79. The quantitative estimate of drug-likeness (QED) is 0.797. The van der Waals surface area contributed by atoms with Crippen LogP contribution in [0.4, 0.5) is 0 Å². The molecular formula is C14H20ClN3O. The monoisotopic (exact) mass is 281 g/mol. The minimum absolute atomic E-state index is 0.0903. The molecule has 104 valence electrons. The summed E-state index contributed by atoms with van der Waals surface area (Å²) in [6.07, 6.45) is 4.11. The molecule has 5 heteroatoms. The second-order valence-corrected chi connectivity index (χ2v) is 5.49. The third kappa shape index (κ3) is 3.24. The van der Waals surface area contributed by atoms with Gasteiger partial charge < -0.3 is 4.90 Å². The van der Waals surface area contributed by atoms with Crippen LogP contribution in [0, 0.1) is 13.8 Å². The Labute approximate surface area is 119 Å². The topological polar surface area (TPSA) is 46.1 Å². The van der Waals surface area contributed by atoms with Crippen molar-refractivity contribution in [1.82, 2.24) is 15.1 Å². The molecule has 1 aliphatic rings. The lowest BCUT2D eigenvalue weighted by Crippen LogP contribution is -2.36. The van der Waals surface area contributed by atoms with Gasteiger partial charge in [0.05, 0.1) is 17.0 Å². The van der Waals surface area contributed by atoms with E-state index in [1.165, 1.54) is 0 Å². The summed E-state index contributed by atoms with van der Waals surface area (Å²) in [6, 6.07) is 2.17. The maximum atomic E-state index is 12.6. The molecule has 19 heavy (non-hydrogen) atoms. The molecule has 0 bridgehead atoms. The van der Waals surface area contributed by atoms with E-state index in [1.807, 2.05) is 24.8 Å². The van der Waals surface area contributed by atoms with Crippen LogP contribution in [-0.4, -0.2) is 39.5 Å². The molecule has 2 heterocycles. The van der Waals surface area contributed by atoms with Gasteiger partial charge in [0.15, 0.2) is 0 Å². The highest BCUT2D eigenvalue weighted by Crippen LogP contribution is 2.24. The molecule has 4 nitrogen and oxygen atoms in total. The first-order valence-corrected chi connectivity index (χ1v) is 7.35. The molecule has 0 aliphatic carbocycles. The molecule has 1 unspecified atom stereocenters. The Kier molecular flexibility index (Phi) is 4.75. The lowest BCUT2D eigenvalue weighted by molar-refractivity contribution is 0.0728. The van der Waals surface area contributed by atoms with Crippen molar-refractivity contribution < 1.29 is 4.79 Å². The zero-order valence-corrected chi connectivity index (χ0v) is 12.3. The summed E-state index contributed by atoms with van der Waals surface area (Å²) >= 11 is 5.75. The summed E-state index contributed by atoms with van der Waals surface area (Å²) in [6.45, 7) is 4.54. The number of carbonyl (C=O) groups excluding carboxylic acids is 1. The van der Waals surface area contributed by atoms with Crippen LogP contribution in [-0.2, 0) is 0 Å². The van der Waals surface area contributed by atoms with E-state index in [0.717, 1.165) is 37.9 Å². The molecule has 0 saturated carbocycles. The molecule has 1 aliphatic heterocycles. The molecule has 0 spiro atoms. The molecule has 1 amide bonds. The molecule has 1 atom stereocenters. The van der Waals surface area contributed by atoms with Crippen LogP contribution in [0.3, 0.4) is 0 Å². The summed E-state index contributed by atoms with van der Waals surface area (Å²) in [7, 11) is 0. The van der Waals surface area contributed by atoms with E-state index in [2.05, 4.69) is 10.2 Å². The predicted octanol–water partition coefficient (Wildman–Crippen LogP) is 2.72. The number of likely N-dealkylation sites (tertiary alicyclic amines) is 1. The second-order valence-electron chi connectivity index (χ2n) is 5.11. The molecule has 1 aromatic rings. The lowest BCUT2D eigenvalue weighted by Gasteiger charge is -2.25. The standard InChI is InChI=1S/C14H20ClN3O/c1-10-9-13(11(2)17-16-10)14(19)18-8-4-6-12(18)5-3-7-15/h9,12H,3-8H2,1-2H3. The van der Waals surface area contributed by atoms with E-state index < -0.39 is 0 Å². The third-order valence-corrected chi connectivity index (χ3v) is 3.91. The number of alkyl halides is 1. The number of amides is 1. The number of halogens is 1. The van der Waals surface area contributed by atoms with Gasteiger partial charge in [-0.1, -0.05) is 0 Å². The Hall–Kier alpha value is -1.16. The molecule has 1 fully saturated rings. The Bertz CT molecular complexity index is 464. The second kappa shape index (κ2) is 6.33. The van der Waals surface area contributed by atoms with Crippen molar-refractivity contribution in [3.8, 4) is 0 Å². The van der Waals surface area contributed by atoms with Crippen LogP contribution in [0.25, 0.3) is 0 Å². The highest BCUT2D eigenvalue weighted by Gasteiger charge is 2.29. The highest BCUT2D eigenvalue weighted by atomic mass is 35.5. The molecule has 1 aromatic heterocycles. The van der Waals surface area contributed by atoms with Crippen LogP contribution in [0.15, 0.2) is 6.07 Å². The zero-order valence-electron chi connectivity index (χ0n) is 11.5. The molecule has 1 saturated heterocycles. The van der Waals surface area contributed by atoms with E-state index in [-0.39, 0.29) is 5.91 Å². The van der Waals surface area contributed by atoms with Gasteiger partial charge in [0.25, 0.3) is 5.91 Å². The highest BCUT2D eigenvalue weighted by molar-refractivity contribution is 6.17. The lowest BCUT2D eigenvalue weighted by atomic mass is 10.1. The largest absolute Gasteiger partial charge is 0.336 e. The number of hydrogen-bond donors (Lipinski definition) is 0. The first-order valence-electron chi connectivity index (χ1n) is 6.81. The normalized spacial score (nSPS) is 18.9. The van der Waals surface area contributed by atoms with Gasteiger partial charge in [0.1, 0.15) is 0 Å². The Balaban J connectivity index is 2.16. The van der Waals surface area contributed by atoms with Crippen molar-refractivity contribution in [2.45, 2.75) is 45.6 Å². The maximum Gasteiger partial charge on any atom is 0.256 e. The summed E-state index contributed by atoms with van der Waals surface area (Å²) in [5, 5.41) is 8.02. The third-order valence-electron chi connectivity index (χ3n) is 3.64. The summed E-state index contributed by atoms with van der Waals surface area (Å²) in [5.74, 6) is 0.751. The number of carbonyl (C=O) groups is 1. The van der Waals surface area contributed by atoms with Gasteiger partial charge in [0, 0.05) is 18.5 Å². The summed E-state index contributed by atoms with van der Waals surface area (Å²) in [4.78, 5) is 14.6. The molecule has 2 rings (SSSR count). The van der Waals surface area contributed by atoms with Crippen LogP contribution >= 0.6 is 11.6 Å². The van der Waals surface area contributed by atoms with Crippen LogP contribution < -0.4 is 0 Å². The number of aryl methyl sites for hydroxylation is 2. The smallest absolute Gasteiger partial charge is 0.256 e. The molecule has 0 radical (unpaired) electrons. The van der Waals surface area contributed by atoms with E-state index in [1.54, 1.807) is 0 Å². The van der Waals surface area contributed by atoms with Crippen molar-refractivity contribution in [2.24, 2.45) is 0 Å². The van der Waals surface area contributed by atoms with Gasteiger partial charge in [-0.15, -0.1) is 11.6 Å². The van der Waals surface area contributed by atoms with E-state index in [9.17, 15) is 4.79 Å². The van der Waals surface area contributed by atoms with Gasteiger partial charge in [-0.05, 0) is 45.6 Å². The van der Waals surface area contributed by atoms with Crippen LogP contribution in [0.1, 0.15) is 47.4 Å². The minimum Gasteiger partial charge on any atom is -0.336 e. The predicted molar refractivity (Wildman–Crippen MR) is 75.5 cm³/mol. The van der Waals surface area contributed by atoms with Crippen LogP contribution in [0.5, 0.6) is 0 Å². The summed E-state index contributed by atoms with van der Waals surface area (Å²) in [5.41, 5.74) is 2.18. The summed E-state index contributed by atoms with van der Waals surface area (Å²) < 4.78 is 0. The van der Waals surface area contributed by atoms with Gasteiger partial charge in [-0.25, -0.2) is 0 Å². The average molecular weight is 282 g/mol. The van der Waals surface area contributed by atoms with Crippen LogP contribution in [0.2, 0.25) is 0 Å². The van der Waals surface area contributed by atoms with Crippen molar-refractivity contribution in [2.75, 3.05) is 12.4 Å². The fraction of sp³-hybridized carbons (Fsp3) is 0.643. The maximum absolute atomic E-state index is 12.6. The first kappa shape index (κ1) is 14.3. The van der Waals surface area contributed by atoms with Gasteiger partial charge in [-0.2, -0.15) is 10.2 Å². The van der Waals surface area contributed by atoms with E-state index in [4.69, 9.17) is 11.6 Å². The van der Waals surface area contributed by atoms with Gasteiger partial charge in [-0.3, -0.25) is 4.79 Å². The number of rotatable bonds is 4.